The first-order valence-electron chi connectivity index (χ1n) is 7.16. The van der Waals surface area contributed by atoms with Crippen molar-refractivity contribution in [2.24, 2.45) is 11.1 Å². The number of ether oxygens (including phenoxy) is 1. The van der Waals surface area contributed by atoms with Crippen LogP contribution in [0.3, 0.4) is 0 Å². The fourth-order valence-corrected chi connectivity index (χ4v) is 2.52. The third kappa shape index (κ3) is 4.70. The summed E-state index contributed by atoms with van der Waals surface area (Å²) in [5.74, 6) is 0.785. The third-order valence-corrected chi connectivity index (χ3v) is 4.44. The standard InChI is InChI=1S/C16H26ClNO/c1-4-16(5-2,12-18)9-6-10-19-15-11-13(3)7-8-14(15)17/h7-8,11H,4-6,9-10,12,18H2,1-3H3. The van der Waals surface area contributed by atoms with Gasteiger partial charge in [-0.1, -0.05) is 31.5 Å². The van der Waals surface area contributed by atoms with Crippen molar-refractivity contribution in [3.63, 3.8) is 0 Å². The Bertz CT molecular complexity index is 380. The lowest BCUT2D eigenvalue weighted by molar-refractivity contribution is 0.213. The zero-order valence-corrected chi connectivity index (χ0v) is 13.1. The molecule has 2 N–H and O–H groups in total. The summed E-state index contributed by atoms with van der Waals surface area (Å²) in [6.07, 6.45) is 4.39. The Morgan fingerprint density at radius 2 is 1.95 bits per heavy atom. The molecular weight excluding hydrogens is 258 g/mol. The Morgan fingerprint density at radius 1 is 1.26 bits per heavy atom. The predicted octanol–water partition coefficient (Wildman–Crippen LogP) is 4.57. The van der Waals surface area contributed by atoms with Gasteiger partial charge in [-0.2, -0.15) is 0 Å². The number of benzene rings is 1. The van der Waals surface area contributed by atoms with Gasteiger partial charge in [0.2, 0.25) is 0 Å². The monoisotopic (exact) mass is 283 g/mol. The molecule has 0 aromatic heterocycles. The van der Waals surface area contributed by atoms with E-state index in [1.165, 1.54) is 0 Å². The van der Waals surface area contributed by atoms with Crippen LogP contribution in [-0.2, 0) is 0 Å². The topological polar surface area (TPSA) is 35.2 Å². The third-order valence-electron chi connectivity index (χ3n) is 4.13. The molecule has 0 amide bonds. The van der Waals surface area contributed by atoms with E-state index in [4.69, 9.17) is 22.1 Å². The van der Waals surface area contributed by atoms with Crippen molar-refractivity contribution in [2.45, 2.75) is 46.5 Å². The van der Waals surface area contributed by atoms with Crippen molar-refractivity contribution in [3.8, 4) is 5.75 Å². The van der Waals surface area contributed by atoms with Crippen molar-refractivity contribution in [1.82, 2.24) is 0 Å². The van der Waals surface area contributed by atoms with E-state index in [0.717, 1.165) is 43.5 Å². The number of hydrogen-bond donors (Lipinski definition) is 1. The van der Waals surface area contributed by atoms with Crippen LogP contribution in [0.5, 0.6) is 5.75 Å². The molecule has 0 fully saturated rings. The van der Waals surface area contributed by atoms with Crippen LogP contribution >= 0.6 is 11.6 Å². The van der Waals surface area contributed by atoms with Gasteiger partial charge < -0.3 is 10.5 Å². The van der Waals surface area contributed by atoms with E-state index in [1.54, 1.807) is 0 Å². The van der Waals surface area contributed by atoms with Gasteiger partial charge in [0.25, 0.3) is 0 Å². The number of aryl methyl sites for hydroxylation is 1. The molecule has 0 spiro atoms. The van der Waals surface area contributed by atoms with E-state index in [0.29, 0.717) is 11.6 Å². The molecule has 0 saturated carbocycles. The van der Waals surface area contributed by atoms with Crippen LogP contribution in [0.4, 0.5) is 0 Å². The lowest BCUT2D eigenvalue weighted by atomic mass is 9.78. The number of nitrogens with two attached hydrogens (primary N) is 1. The van der Waals surface area contributed by atoms with Gasteiger partial charge in [-0.25, -0.2) is 0 Å². The first kappa shape index (κ1) is 16.3. The summed E-state index contributed by atoms with van der Waals surface area (Å²) >= 11 is 6.10. The maximum absolute atomic E-state index is 6.10. The second-order valence-electron chi connectivity index (χ2n) is 5.30. The average molecular weight is 284 g/mol. The number of rotatable bonds is 8. The average Bonchev–Trinajstić information content (AvgIpc) is 2.43. The maximum Gasteiger partial charge on any atom is 0.138 e. The highest BCUT2D eigenvalue weighted by Crippen LogP contribution is 2.31. The summed E-state index contributed by atoms with van der Waals surface area (Å²) in [7, 11) is 0. The SMILES string of the molecule is CCC(CC)(CN)CCCOc1cc(C)ccc1Cl. The van der Waals surface area contributed by atoms with Crippen LogP contribution in [0.25, 0.3) is 0 Å². The van der Waals surface area contributed by atoms with Gasteiger partial charge in [0.1, 0.15) is 5.75 Å². The lowest BCUT2D eigenvalue weighted by Gasteiger charge is -2.30. The highest BCUT2D eigenvalue weighted by Gasteiger charge is 2.23. The minimum Gasteiger partial charge on any atom is -0.492 e. The molecule has 1 aromatic rings. The summed E-state index contributed by atoms with van der Waals surface area (Å²) in [5, 5.41) is 0.682. The summed E-state index contributed by atoms with van der Waals surface area (Å²) in [4.78, 5) is 0. The zero-order valence-electron chi connectivity index (χ0n) is 12.3. The number of hydrogen-bond acceptors (Lipinski definition) is 2. The predicted molar refractivity (Wildman–Crippen MR) is 83.0 cm³/mol. The molecule has 0 atom stereocenters. The molecule has 0 bridgehead atoms. The molecule has 0 heterocycles. The molecule has 0 radical (unpaired) electrons. The molecule has 0 aliphatic rings. The molecule has 19 heavy (non-hydrogen) atoms. The highest BCUT2D eigenvalue weighted by molar-refractivity contribution is 6.32. The van der Waals surface area contributed by atoms with Crippen LogP contribution in [0.15, 0.2) is 18.2 Å². The van der Waals surface area contributed by atoms with Crippen molar-refractivity contribution in [1.29, 1.82) is 0 Å². The first-order valence-corrected chi connectivity index (χ1v) is 7.53. The van der Waals surface area contributed by atoms with Crippen molar-refractivity contribution >= 4 is 11.6 Å². The summed E-state index contributed by atoms with van der Waals surface area (Å²) in [5.41, 5.74) is 7.35. The van der Waals surface area contributed by atoms with E-state index < -0.39 is 0 Å². The fraction of sp³-hybridized carbons (Fsp3) is 0.625. The van der Waals surface area contributed by atoms with Crippen LogP contribution in [0.2, 0.25) is 5.02 Å². The van der Waals surface area contributed by atoms with Crippen molar-refractivity contribution in [2.75, 3.05) is 13.2 Å². The van der Waals surface area contributed by atoms with Gasteiger partial charge >= 0.3 is 0 Å². The van der Waals surface area contributed by atoms with E-state index in [9.17, 15) is 0 Å². The molecule has 1 aromatic carbocycles. The molecule has 2 nitrogen and oxygen atoms in total. The van der Waals surface area contributed by atoms with Crippen LogP contribution < -0.4 is 10.5 Å². The minimum atomic E-state index is 0.278. The van der Waals surface area contributed by atoms with Gasteiger partial charge in [0, 0.05) is 0 Å². The Balaban J connectivity index is 2.44. The lowest BCUT2D eigenvalue weighted by Crippen LogP contribution is -2.29. The molecule has 0 saturated heterocycles. The molecule has 1 rings (SSSR count). The summed E-state index contributed by atoms with van der Waals surface area (Å²) in [6.45, 7) is 7.93. The molecular formula is C16H26ClNO. The maximum atomic E-state index is 6.10. The Hall–Kier alpha value is -0.730. The first-order chi connectivity index (χ1) is 9.06. The van der Waals surface area contributed by atoms with Crippen LogP contribution in [0, 0.1) is 12.3 Å². The van der Waals surface area contributed by atoms with Gasteiger partial charge in [-0.3, -0.25) is 0 Å². The molecule has 3 heteroatoms. The van der Waals surface area contributed by atoms with Crippen molar-refractivity contribution < 1.29 is 4.74 Å². The van der Waals surface area contributed by atoms with Gasteiger partial charge in [0.15, 0.2) is 0 Å². The van der Waals surface area contributed by atoms with Gasteiger partial charge in [-0.05, 0) is 62.3 Å². The second-order valence-corrected chi connectivity index (χ2v) is 5.70. The smallest absolute Gasteiger partial charge is 0.138 e. The van der Waals surface area contributed by atoms with Gasteiger partial charge in [0.05, 0.1) is 11.6 Å². The second kappa shape index (κ2) is 7.76. The van der Waals surface area contributed by atoms with Crippen LogP contribution in [0.1, 0.15) is 45.1 Å². The molecule has 0 unspecified atom stereocenters. The largest absolute Gasteiger partial charge is 0.492 e. The van der Waals surface area contributed by atoms with E-state index in [1.807, 2.05) is 25.1 Å². The van der Waals surface area contributed by atoms with Gasteiger partial charge in [-0.15, -0.1) is 0 Å². The van der Waals surface area contributed by atoms with Crippen molar-refractivity contribution in [3.05, 3.63) is 28.8 Å². The number of halogens is 1. The molecule has 0 aliphatic heterocycles. The Kier molecular flexibility index (Phi) is 6.67. The quantitative estimate of drug-likeness (QED) is 0.709. The van der Waals surface area contributed by atoms with E-state index in [-0.39, 0.29) is 5.41 Å². The van der Waals surface area contributed by atoms with Crippen LogP contribution in [-0.4, -0.2) is 13.2 Å². The normalized spacial score (nSPS) is 11.6. The zero-order chi connectivity index (χ0) is 14.3. The van der Waals surface area contributed by atoms with E-state index >= 15 is 0 Å². The highest BCUT2D eigenvalue weighted by atomic mass is 35.5. The minimum absolute atomic E-state index is 0.278. The molecule has 0 aliphatic carbocycles. The Labute approximate surface area is 122 Å². The summed E-state index contributed by atoms with van der Waals surface area (Å²) < 4.78 is 5.77. The fourth-order valence-electron chi connectivity index (χ4n) is 2.34. The summed E-state index contributed by atoms with van der Waals surface area (Å²) in [6, 6.07) is 5.86. The molecule has 108 valence electrons. The Morgan fingerprint density at radius 3 is 2.53 bits per heavy atom. The van der Waals surface area contributed by atoms with E-state index in [2.05, 4.69) is 13.8 Å².